The monoisotopic (exact) mass is 603 g/mol. The molecule has 3 heterocycles. The standard InChI is InChI=1S/C42H25N3S/c1-2-13-27(14-3-1)34-25-35(29-23-22-26-12-4-5-15-28(26)24-29)44-42(43-34)45-36-20-10-8-18-32(36)38-39-33-19-9-11-21-37(33)46-41(39)31-17-7-6-16-30(31)40(38)45/h1-25H. The Hall–Kier alpha value is -5.84. The highest BCUT2D eigenvalue weighted by molar-refractivity contribution is 7.27. The fourth-order valence-electron chi connectivity index (χ4n) is 7.11. The van der Waals surface area contributed by atoms with E-state index in [0.29, 0.717) is 5.95 Å². The SMILES string of the molecule is c1ccc(-c2cc(-c3ccc4ccccc4c3)nc(-n3c4ccccc4c4c5c6ccccc6sc5c5ccccc5c43)n2)cc1. The van der Waals surface area contributed by atoms with E-state index in [1.54, 1.807) is 0 Å². The third-order valence-corrected chi connectivity index (χ3v) is 10.4. The van der Waals surface area contributed by atoms with Gasteiger partial charge in [-0.25, -0.2) is 9.97 Å². The molecule has 0 spiro atoms. The number of hydrogen-bond donors (Lipinski definition) is 0. The van der Waals surface area contributed by atoms with Gasteiger partial charge in [-0.3, -0.25) is 4.57 Å². The molecule has 3 aromatic heterocycles. The van der Waals surface area contributed by atoms with E-state index in [-0.39, 0.29) is 0 Å². The van der Waals surface area contributed by atoms with E-state index in [4.69, 9.17) is 9.97 Å². The van der Waals surface area contributed by atoms with Gasteiger partial charge in [0.2, 0.25) is 5.95 Å². The summed E-state index contributed by atoms with van der Waals surface area (Å²) >= 11 is 1.88. The van der Waals surface area contributed by atoms with Crippen LogP contribution in [0.3, 0.4) is 0 Å². The second-order valence-electron chi connectivity index (χ2n) is 11.8. The number of para-hydroxylation sites is 1. The summed E-state index contributed by atoms with van der Waals surface area (Å²) < 4.78 is 4.92. The maximum absolute atomic E-state index is 5.37. The highest BCUT2D eigenvalue weighted by Gasteiger charge is 2.23. The normalized spacial score (nSPS) is 11.9. The number of nitrogens with zero attached hydrogens (tertiary/aromatic N) is 3. The van der Waals surface area contributed by atoms with Gasteiger partial charge in [-0.2, -0.15) is 0 Å². The van der Waals surface area contributed by atoms with Gasteiger partial charge in [-0.15, -0.1) is 11.3 Å². The molecule has 0 unspecified atom stereocenters. The second-order valence-corrected chi connectivity index (χ2v) is 12.8. The van der Waals surface area contributed by atoms with E-state index in [1.807, 2.05) is 17.4 Å². The van der Waals surface area contributed by atoms with Crippen LogP contribution in [0.1, 0.15) is 0 Å². The minimum Gasteiger partial charge on any atom is -0.277 e. The molecule has 0 aliphatic carbocycles. The first-order chi connectivity index (χ1) is 22.8. The van der Waals surface area contributed by atoms with Crippen molar-refractivity contribution in [3.05, 3.63) is 152 Å². The number of fused-ring (bicyclic) bond motifs is 11. The zero-order valence-corrected chi connectivity index (χ0v) is 25.5. The Morgan fingerprint density at radius 2 is 1.11 bits per heavy atom. The first-order valence-electron chi connectivity index (χ1n) is 15.5. The van der Waals surface area contributed by atoms with Gasteiger partial charge >= 0.3 is 0 Å². The van der Waals surface area contributed by atoms with Crippen LogP contribution in [0.15, 0.2) is 152 Å². The summed E-state index contributed by atoms with van der Waals surface area (Å²) in [6.07, 6.45) is 0. The third kappa shape index (κ3) is 3.71. The summed E-state index contributed by atoms with van der Waals surface area (Å²) in [6, 6.07) is 53.9. The maximum atomic E-state index is 5.37. The summed E-state index contributed by atoms with van der Waals surface area (Å²) in [7, 11) is 0. The lowest BCUT2D eigenvalue weighted by atomic mass is 10.00. The van der Waals surface area contributed by atoms with Gasteiger partial charge in [-0.05, 0) is 35.0 Å². The van der Waals surface area contributed by atoms with Gasteiger partial charge in [0.05, 0.1) is 22.4 Å². The number of rotatable bonds is 3. The van der Waals surface area contributed by atoms with Crippen molar-refractivity contribution in [2.24, 2.45) is 0 Å². The molecule has 3 nitrogen and oxygen atoms in total. The fraction of sp³-hybridized carbons (Fsp3) is 0. The predicted molar refractivity (Wildman–Crippen MR) is 195 cm³/mol. The highest BCUT2D eigenvalue weighted by atomic mass is 32.1. The Bertz CT molecular complexity index is 2810. The lowest BCUT2D eigenvalue weighted by Crippen LogP contribution is -2.04. The van der Waals surface area contributed by atoms with Crippen molar-refractivity contribution in [3.63, 3.8) is 0 Å². The van der Waals surface area contributed by atoms with Crippen LogP contribution in [-0.2, 0) is 0 Å². The maximum Gasteiger partial charge on any atom is 0.235 e. The number of hydrogen-bond acceptors (Lipinski definition) is 3. The predicted octanol–water partition coefficient (Wildman–Crippen LogP) is 11.6. The molecule has 4 heteroatoms. The Morgan fingerprint density at radius 3 is 1.96 bits per heavy atom. The molecule has 0 saturated heterocycles. The number of benzene rings is 7. The third-order valence-electron chi connectivity index (χ3n) is 9.18. The van der Waals surface area contributed by atoms with Gasteiger partial charge in [0.1, 0.15) is 0 Å². The van der Waals surface area contributed by atoms with Crippen molar-refractivity contribution >= 4 is 74.9 Å². The molecule has 0 aliphatic heterocycles. The second kappa shape index (κ2) is 9.83. The smallest absolute Gasteiger partial charge is 0.235 e. The van der Waals surface area contributed by atoms with E-state index >= 15 is 0 Å². The molecule has 10 rings (SSSR count). The molecule has 10 aromatic rings. The number of aromatic nitrogens is 3. The quantitative estimate of drug-likeness (QED) is 0.201. The fourth-order valence-corrected chi connectivity index (χ4v) is 8.36. The van der Waals surface area contributed by atoms with Crippen molar-refractivity contribution in [1.29, 1.82) is 0 Å². The van der Waals surface area contributed by atoms with Crippen LogP contribution in [0.2, 0.25) is 0 Å². The Balaban J connectivity index is 1.38. The zero-order valence-electron chi connectivity index (χ0n) is 24.7. The average molecular weight is 604 g/mol. The van der Waals surface area contributed by atoms with Crippen molar-refractivity contribution in [3.8, 4) is 28.5 Å². The van der Waals surface area contributed by atoms with E-state index in [9.17, 15) is 0 Å². The minimum atomic E-state index is 0.666. The molecule has 0 radical (unpaired) electrons. The lowest BCUT2D eigenvalue weighted by Gasteiger charge is -2.13. The highest BCUT2D eigenvalue weighted by Crippen LogP contribution is 2.47. The molecule has 0 aliphatic rings. The molecule has 0 saturated carbocycles. The number of thiophene rings is 1. The zero-order chi connectivity index (χ0) is 30.2. The van der Waals surface area contributed by atoms with Crippen LogP contribution in [-0.4, -0.2) is 14.5 Å². The molecule has 0 fully saturated rings. The van der Waals surface area contributed by atoms with Crippen LogP contribution < -0.4 is 0 Å². The summed E-state index contributed by atoms with van der Waals surface area (Å²) in [5.41, 5.74) is 6.15. The van der Waals surface area contributed by atoms with E-state index < -0.39 is 0 Å². The molecular weight excluding hydrogens is 579 g/mol. The Kier molecular flexibility index (Phi) is 5.45. The van der Waals surface area contributed by atoms with Crippen molar-refractivity contribution in [1.82, 2.24) is 14.5 Å². The first kappa shape index (κ1) is 25.5. The topological polar surface area (TPSA) is 30.7 Å². The van der Waals surface area contributed by atoms with Crippen LogP contribution in [0.5, 0.6) is 0 Å². The molecule has 0 amide bonds. The largest absolute Gasteiger partial charge is 0.277 e. The van der Waals surface area contributed by atoms with Gasteiger partial charge in [-0.1, -0.05) is 127 Å². The van der Waals surface area contributed by atoms with E-state index in [1.165, 1.54) is 52.5 Å². The minimum absolute atomic E-state index is 0.666. The van der Waals surface area contributed by atoms with Gasteiger partial charge < -0.3 is 0 Å². The van der Waals surface area contributed by atoms with Crippen molar-refractivity contribution in [2.45, 2.75) is 0 Å². The average Bonchev–Trinajstić information content (AvgIpc) is 3.68. The molecule has 0 atom stereocenters. The van der Waals surface area contributed by atoms with Crippen molar-refractivity contribution in [2.75, 3.05) is 0 Å². The molecular formula is C42H25N3S. The van der Waals surface area contributed by atoms with E-state index in [2.05, 4.69) is 150 Å². The molecule has 7 aromatic carbocycles. The summed E-state index contributed by atoms with van der Waals surface area (Å²) in [4.78, 5) is 10.7. The Labute approximate surface area is 268 Å². The molecule has 214 valence electrons. The molecule has 0 bridgehead atoms. The molecule has 0 N–H and O–H groups in total. The van der Waals surface area contributed by atoms with Gasteiger partial charge in [0.25, 0.3) is 0 Å². The van der Waals surface area contributed by atoms with Crippen LogP contribution in [0, 0.1) is 0 Å². The first-order valence-corrected chi connectivity index (χ1v) is 16.3. The van der Waals surface area contributed by atoms with Gasteiger partial charge in [0, 0.05) is 52.8 Å². The van der Waals surface area contributed by atoms with Crippen LogP contribution >= 0.6 is 11.3 Å². The summed E-state index contributed by atoms with van der Waals surface area (Å²) in [6.45, 7) is 0. The van der Waals surface area contributed by atoms with E-state index in [0.717, 1.165) is 33.5 Å². The Morgan fingerprint density at radius 1 is 0.457 bits per heavy atom. The van der Waals surface area contributed by atoms with Crippen LogP contribution in [0.25, 0.3) is 92.0 Å². The lowest BCUT2D eigenvalue weighted by molar-refractivity contribution is 0.998. The van der Waals surface area contributed by atoms with Crippen LogP contribution in [0.4, 0.5) is 0 Å². The van der Waals surface area contributed by atoms with Gasteiger partial charge in [0.15, 0.2) is 0 Å². The summed E-state index contributed by atoms with van der Waals surface area (Å²) in [5, 5.41) is 9.91. The van der Waals surface area contributed by atoms with Crippen molar-refractivity contribution < 1.29 is 0 Å². The summed E-state index contributed by atoms with van der Waals surface area (Å²) in [5.74, 6) is 0.666. The molecule has 46 heavy (non-hydrogen) atoms.